The van der Waals surface area contributed by atoms with Crippen LogP contribution in [0.2, 0.25) is 0 Å². The van der Waals surface area contributed by atoms with Crippen molar-refractivity contribution < 1.29 is 13.2 Å². The first-order chi connectivity index (χ1) is 10.2. The summed E-state index contributed by atoms with van der Waals surface area (Å²) in [6, 6.07) is 7.25. The average Bonchev–Trinajstić information content (AvgIpc) is 3.03. The Labute approximate surface area is 127 Å². The first-order valence-electron chi connectivity index (χ1n) is 7.26. The van der Waals surface area contributed by atoms with Crippen LogP contribution in [0.1, 0.15) is 44.0 Å². The van der Waals surface area contributed by atoms with Crippen LogP contribution in [0, 0.1) is 0 Å². The van der Waals surface area contributed by atoms with Crippen molar-refractivity contribution in [3.05, 3.63) is 41.7 Å². The summed E-state index contributed by atoms with van der Waals surface area (Å²) in [7, 11) is 0. The zero-order chi connectivity index (χ0) is 16.1. The Balaban J connectivity index is 2.01. The van der Waals surface area contributed by atoms with Crippen LogP contribution in [0.5, 0.6) is 0 Å². The van der Waals surface area contributed by atoms with Crippen molar-refractivity contribution in [3.63, 3.8) is 0 Å². The molecule has 1 aliphatic rings. The highest BCUT2D eigenvalue weighted by molar-refractivity contribution is 5.57. The predicted molar refractivity (Wildman–Crippen MR) is 78.1 cm³/mol. The van der Waals surface area contributed by atoms with Crippen molar-refractivity contribution in [2.45, 2.75) is 44.4 Å². The van der Waals surface area contributed by atoms with Crippen LogP contribution in [0.25, 0.3) is 11.4 Å². The summed E-state index contributed by atoms with van der Waals surface area (Å²) in [4.78, 5) is 3.79. The first kappa shape index (κ1) is 15.1. The van der Waals surface area contributed by atoms with E-state index in [-0.39, 0.29) is 11.6 Å². The second-order valence-corrected chi connectivity index (χ2v) is 6.18. The minimum absolute atomic E-state index is 0.109. The number of benzene rings is 1. The minimum Gasteiger partial charge on any atom is -0.328 e. The third-order valence-corrected chi connectivity index (χ3v) is 4.09. The second-order valence-electron chi connectivity index (χ2n) is 6.18. The van der Waals surface area contributed by atoms with Gasteiger partial charge in [-0.2, -0.15) is 13.2 Å². The molecule has 0 bridgehead atoms. The third kappa shape index (κ3) is 2.63. The number of halogens is 3. The van der Waals surface area contributed by atoms with Gasteiger partial charge in [0.1, 0.15) is 5.82 Å². The van der Waals surface area contributed by atoms with E-state index in [0.717, 1.165) is 24.6 Å². The van der Waals surface area contributed by atoms with Gasteiger partial charge in [-0.15, -0.1) is 0 Å². The lowest BCUT2D eigenvalue weighted by Crippen LogP contribution is -2.18. The van der Waals surface area contributed by atoms with E-state index >= 15 is 0 Å². The molecule has 1 heterocycles. The molecule has 0 atom stereocenters. The zero-order valence-corrected chi connectivity index (χ0v) is 12.5. The minimum atomic E-state index is -4.44. The Hall–Kier alpha value is -1.82. The second kappa shape index (κ2) is 4.84. The van der Waals surface area contributed by atoms with Crippen LogP contribution in [0.15, 0.2) is 30.5 Å². The topological polar surface area (TPSA) is 43.8 Å². The third-order valence-electron chi connectivity index (χ3n) is 4.09. The van der Waals surface area contributed by atoms with E-state index in [1.165, 1.54) is 0 Å². The number of hydrogen-bond donors (Lipinski definition) is 1. The van der Waals surface area contributed by atoms with E-state index < -0.39 is 11.9 Å². The standard InChI is InChI=1S/C16H18F3N3/c1-10(2)22-9-13(16(17,18)19)21-14(22)11-3-5-12(6-4-11)15(20)7-8-15/h3-6,9-10H,7-8,20H2,1-2H3. The van der Waals surface area contributed by atoms with Gasteiger partial charge in [0.15, 0.2) is 5.69 Å². The molecule has 1 aromatic heterocycles. The van der Waals surface area contributed by atoms with Gasteiger partial charge >= 0.3 is 6.18 Å². The number of hydrogen-bond acceptors (Lipinski definition) is 2. The van der Waals surface area contributed by atoms with Gasteiger partial charge in [0.25, 0.3) is 0 Å². The number of nitrogens with two attached hydrogens (primary N) is 1. The van der Waals surface area contributed by atoms with Crippen LogP contribution in [-0.4, -0.2) is 9.55 Å². The molecule has 0 saturated heterocycles. The fraction of sp³-hybridized carbons (Fsp3) is 0.438. The highest BCUT2D eigenvalue weighted by atomic mass is 19.4. The van der Waals surface area contributed by atoms with E-state index in [0.29, 0.717) is 11.4 Å². The molecule has 0 aliphatic heterocycles. The van der Waals surface area contributed by atoms with Crippen molar-refractivity contribution in [1.82, 2.24) is 9.55 Å². The zero-order valence-electron chi connectivity index (χ0n) is 12.5. The number of rotatable bonds is 3. The summed E-state index contributed by atoms with van der Waals surface area (Å²) in [6.07, 6.45) is -1.47. The van der Waals surface area contributed by atoms with E-state index in [1.54, 1.807) is 16.7 Å². The molecular formula is C16H18F3N3. The van der Waals surface area contributed by atoms with E-state index in [1.807, 2.05) is 26.0 Å². The van der Waals surface area contributed by atoms with E-state index in [2.05, 4.69) is 4.98 Å². The molecular weight excluding hydrogens is 291 g/mol. The number of nitrogens with zero attached hydrogens (tertiary/aromatic N) is 2. The molecule has 0 spiro atoms. The Bertz CT molecular complexity index is 680. The van der Waals surface area contributed by atoms with Crippen molar-refractivity contribution in [3.8, 4) is 11.4 Å². The van der Waals surface area contributed by atoms with Gasteiger partial charge in [-0.05, 0) is 32.3 Å². The highest BCUT2D eigenvalue weighted by Crippen LogP contribution is 2.43. The van der Waals surface area contributed by atoms with Gasteiger partial charge < -0.3 is 10.3 Å². The molecule has 6 heteroatoms. The normalized spacial score (nSPS) is 17.0. The van der Waals surface area contributed by atoms with Crippen molar-refractivity contribution >= 4 is 0 Å². The maximum Gasteiger partial charge on any atom is 0.434 e. The molecule has 0 radical (unpaired) electrons. The lowest BCUT2D eigenvalue weighted by Gasteiger charge is -2.13. The largest absolute Gasteiger partial charge is 0.434 e. The number of alkyl halides is 3. The summed E-state index contributed by atoms with van der Waals surface area (Å²) in [5.74, 6) is 0.329. The maximum atomic E-state index is 12.9. The van der Waals surface area contributed by atoms with Crippen LogP contribution in [-0.2, 0) is 11.7 Å². The summed E-state index contributed by atoms with van der Waals surface area (Å²) >= 11 is 0. The first-order valence-corrected chi connectivity index (χ1v) is 7.26. The average molecular weight is 309 g/mol. The molecule has 22 heavy (non-hydrogen) atoms. The van der Waals surface area contributed by atoms with Crippen molar-refractivity contribution in [1.29, 1.82) is 0 Å². The van der Waals surface area contributed by atoms with Crippen molar-refractivity contribution in [2.24, 2.45) is 5.73 Å². The fourth-order valence-electron chi connectivity index (χ4n) is 2.51. The molecule has 3 rings (SSSR count). The molecule has 118 valence electrons. The Morgan fingerprint density at radius 3 is 2.23 bits per heavy atom. The van der Waals surface area contributed by atoms with Crippen LogP contribution in [0.3, 0.4) is 0 Å². The monoisotopic (exact) mass is 309 g/mol. The molecule has 0 unspecified atom stereocenters. The molecule has 0 amide bonds. The molecule has 2 aromatic rings. The van der Waals surface area contributed by atoms with Gasteiger partial charge in [-0.3, -0.25) is 0 Å². The van der Waals surface area contributed by atoms with E-state index in [4.69, 9.17) is 5.73 Å². The lowest BCUT2D eigenvalue weighted by molar-refractivity contribution is -0.140. The number of imidazole rings is 1. The van der Waals surface area contributed by atoms with Gasteiger partial charge in [0, 0.05) is 23.3 Å². The van der Waals surface area contributed by atoms with Gasteiger partial charge in [-0.25, -0.2) is 4.98 Å². The van der Waals surface area contributed by atoms with Gasteiger partial charge in [-0.1, -0.05) is 24.3 Å². The summed E-state index contributed by atoms with van der Waals surface area (Å²) < 4.78 is 40.2. The molecule has 1 fully saturated rings. The Morgan fingerprint density at radius 1 is 1.18 bits per heavy atom. The summed E-state index contributed by atoms with van der Waals surface area (Å²) in [5.41, 5.74) is 6.70. The molecule has 1 aromatic carbocycles. The van der Waals surface area contributed by atoms with Gasteiger partial charge in [0.2, 0.25) is 0 Å². The smallest absolute Gasteiger partial charge is 0.328 e. The molecule has 1 aliphatic carbocycles. The summed E-state index contributed by atoms with van der Waals surface area (Å²) in [6.45, 7) is 3.66. The van der Waals surface area contributed by atoms with Gasteiger partial charge in [0.05, 0.1) is 0 Å². The maximum absolute atomic E-state index is 12.9. The predicted octanol–water partition coefficient (Wildman–Crippen LogP) is 4.10. The lowest BCUT2D eigenvalue weighted by atomic mass is 10.0. The molecule has 1 saturated carbocycles. The highest BCUT2D eigenvalue weighted by Gasteiger charge is 2.40. The SMILES string of the molecule is CC(C)n1cc(C(F)(F)F)nc1-c1ccc(C2(N)CC2)cc1. The fourth-order valence-corrected chi connectivity index (χ4v) is 2.51. The molecule has 2 N–H and O–H groups in total. The van der Waals surface area contributed by atoms with Crippen LogP contribution >= 0.6 is 0 Å². The molecule has 3 nitrogen and oxygen atoms in total. The quantitative estimate of drug-likeness (QED) is 0.927. The summed E-state index contributed by atoms with van der Waals surface area (Å²) in [5, 5.41) is 0. The van der Waals surface area contributed by atoms with Crippen LogP contribution in [0.4, 0.5) is 13.2 Å². The van der Waals surface area contributed by atoms with Crippen molar-refractivity contribution in [2.75, 3.05) is 0 Å². The Morgan fingerprint density at radius 2 is 1.77 bits per heavy atom. The van der Waals surface area contributed by atoms with Crippen LogP contribution < -0.4 is 5.73 Å². The Kier molecular flexibility index (Phi) is 3.32. The number of aromatic nitrogens is 2. The van der Waals surface area contributed by atoms with E-state index in [9.17, 15) is 13.2 Å².